The van der Waals surface area contributed by atoms with Crippen LogP contribution in [0.5, 0.6) is 0 Å². The third kappa shape index (κ3) is 2.91. The Balaban J connectivity index is 0.00000107. The zero-order valence-electron chi connectivity index (χ0n) is 16.8. The van der Waals surface area contributed by atoms with Crippen molar-refractivity contribution in [3.05, 3.63) is 115 Å². The van der Waals surface area contributed by atoms with Crippen molar-refractivity contribution in [1.82, 2.24) is 0 Å². The number of anilines is 3. The van der Waals surface area contributed by atoms with Gasteiger partial charge in [0.15, 0.2) is 0 Å². The smallest absolute Gasteiger partial charge is 0 e. The molecule has 0 saturated heterocycles. The van der Waals surface area contributed by atoms with Gasteiger partial charge in [-0.1, -0.05) is 40.7 Å². The standard InChI is InChI=1S/C26H16N.3Rf/c1-2-14-22(15-3-1)27(25-18-8-12-20-10-4-6-16-23(20)25)26-19-9-13-21-11-5-7-17-24(21)26;;;/h2-11,14-19H;;;/q-3;;;. The van der Waals surface area contributed by atoms with Gasteiger partial charge in [0.05, 0.1) is 0 Å². The third-order valence-electron chi connectivity index (χ3n) is 4.81. The molecule has 0 radical (unpaired) electrons. The fourth-order valence-corrected chi connectivity index (χ4v) is 3.59. The first kappa shape index (κ1) is 19.7. The third-order valence-corrected chi connectivity index (χ3v) is 4.81. The average Bonchev–Trinajstić information content (AvgIpc) is 2.75. The zero-order valence-corrected chi connectivity index (χ0v) is 36.0. The summed E-state index contributed by atoms with van der Waals surface area (Å²) in [4.78, 5) is 2.31. The van der Waals surface area contributed by atoms with Gasteiger partial charge >= 0.3 is 0 Å². The Bertz CT molecular complexity index is 1150. The average molecular weight is 1140 g/mol. The van der Waals surface area contributed by atoms with Crippen LogP contribution < -0.4 is 4.90 Å². The van der Waals surface area contributed by atoms with Gasteiger partial charge in [-0.2, -0.15) is 18.2 Å². The van der Waals surface area contributed by atoms with Crippen molar-refractivity contribution in [1.29, 1.82) is 0 Å². The van der Waals surface area contributed by atoms with Gasteiger partial charge in [-0.25, -0.2) is 0 Å². The van der Waals surface area contributed by atoms with E-state index in [9.17, 15) is 0 Å². The second-order valence-electron chi connectivity index (χ2n) is 6.41. The molecule has 0 aliphatic heterocycles. The maximum absolute atomic E-state index is 3.35. The van der Waals surface area contributed by atoms with Crippen LogP contribution in [0.3, 0.4) is 0 Å². The molecule has 5 rings (SSSR count). The maximum Gasteiger partial charge on any atom is 0 e. The molecule has 0 N–H and O–H groups in total. The molecule has 134 valence electrons. The fraction of sp³-hybridized carbons (Fsp3) is 0. The second kappa shape index (κ2) is 7.76. The van der Waals surface area contributed by atoms with Gasteiger partial charge < -0.3 is 4.90 Å². The summed E-state index contributed by atoms with van der Waals surface area (Å²) < 4.78 is 0. The Labute approximate surface area is 159 Å². The molecule has 4 heteroatoms. The molecule has 0 saturated carbocycles. The van der Waals surface area contributed by atoms with Crippen LogP contribution >= 0.6 is 0 Å². The maximum atomic E-state index is 3.35. The normalized spacial score (nSPS) is 9.87. The number of rotatable bonds is 3. The van der Waals surface area contributed by atoms with Crippen molar-refractivity contribution in [3.8, 4) is 0 Å². The molecule has 5 aromatic carbocycles. The van der Waals surface area contributed by atoms with Crippen molar-refractivity contribution >= 4 is 38.6 Å². The van der Waals surface area contributed by atoms with Gasteiger partial charge in [0, 0.05) is 0 Å². The Morgan fingerprint density at radius 2 is 0.967 bits per heavy atom. The monoisotopic (exact) mass is 1140 g/mol. The molecule has 30 heavy (non-hydrogen) atoms. The van der Waals surface area contributed by atoms with Crippen LogP contribution in [0, 0.1) is 18.2 Å². The van der Waals surface area contributed by atoms with E-state index in [0.29, 0.717) is 0 Å². The van der Waals surface area contributed by atoms with Gasteiger partial charge in [-0.3, -0.25) is 0 Å². The summed E-state index contributed by atoms with van der Waals surface area (Å²) in [5, 5.41) is 4.55. The van der Waals surface area contributed by atoms with Crippen LogP contribution in [0.1, 0.15) is 0 Å². The molecule has 0 atom stereocenters. The van der Waals surface area contributed by atoms with E-state index in [-0.39, 0.29) is 0 Å². The Kier molecular flexibility index (Phi) is 5.10. The van der Waals surface area contributed by atoms with Crippen molar-refractivity contribution in [2.45, 2.75) is 0 Å². The predicted octanol–water partition coefficient (Wildman–Crippen LogP) is 6.86. The minimum atomic E-state index is 0. The largest absolute Gasteiger partial charge is 0.368 e. The van der Waals surface area contributed by atoms with Crippen molar-refractivity contribution < 1.29 is 0 Å². The van der Waals surface area contributed by atoms with E-state index in [1.165, 1.54) is 10.8 Å². The second-order valence-corrected chi connectivity index (χ2v) is 6.41. The molecule has 0 aromatic heterocycles. The van der Waals surface area contributed by atoms with Gasteiger partial charge in [0.25, 0.3) is 0 Å². The molecule has 5 aromatic rings. The predicted molar refractivity (Wildman–Crippen MR) is 113 cm³/mol. The van der Waals surface area contributed by atoms with Crippen molar-refractivity contribution in [2.24, 2.45) is 0 Å². The molecular formula is C26H16NRf3-3. The van der Waals surface area contributed by atoms with Gasteiger partial charge in [0.1, 0.15) is 0 Å². The molecule has 0 bridgehead atoms. The topological polar surface area (TPSA) is 3.24 Å². The quantitative estimate of drug-likeness (QED) is 0.179. The van der Waals surface area contributed by atoms with E-state index in [1.807, 2.05) is 24.3 Å². The number of nitrogens with zero attached hydrogens (tertiary/aromatic N) is 1. The number of benzene rings is 5. The van der Waals surface area contributed by atoms with Crippen LogP contribution in [-0.2, 0) is 0 Å². The summed E-state index contributed by atoms with van der Waals surface area (Å²) in [6.45, 7) is 0. The molecule has 0 unspecified atom stereocenters. The van der Waals surface area contributed by atoms with Crippen molar-refractivity contribution in [2.75, 3.05) is 4.90 Å². The first-order chi connectivity index (χ1) is 13.4. The molecule has 0 fully saturated rings. The first-order valence-electron chi connectivity index (χ1n) is 8.97. The molecule has 0 amide bonds. The van der Waals surface area contributed by atoms with Crippen LogP contribution in [0.4, 0.5) is 17.1 Å². The summed E-state index contributed by atoms with van der Waals surface area (Å²) in [6, 6.07) is 42.9. The summed E-state index contributed by atoms with van der Waals surface area (Å²) in [6.07, 6.45) is 0. The number of fused-ring (bicyclic) bond motifs is 2. The van der Waals surface area contributed by atoms with Gasteiger partial charge in [-0.05, 0) is 11.4 Å². The SMILES string of the molecule is [Rf].[Rf].[Rf].[c-]1ccc(N(c2cc[c-]c3ccccc23)c2cc[c-]c3ccccc23)cc1. The van der Waals surface area contributed by atoms with Gasteiger partial charge in [-0.15, -0.1) is 83.6 Å². The van der Waals surface area contributed by atoms with Gasteiger partial charge in [0.2, 0.25) is 0 Å². The van der Waals surface area contributed by atoms with E-state index in [2.05, 4.69) is 95.9 Å². The first-order valence-corrected chi connectivity index (χ1v) is 8.97. The van der Waals surface area contributed by atoms with Crippen LogP contribution in [0.25, 0.3) is 21.5 Å². The van der Waals surface area contributed by atoms with E-state index >= 15 is 0 Å². The molecule has 0 spiro atoms. The summed E-state index contributed by atoms with van der Waals surface area (Å²) in [7, 11) is 0. The fourth-order valence-electron chi connectivity index (χ4n) is 3.59. The summed E-state index contributed by atoms with van der Waals surface area (Å²) in [5.41, 5.74) is 3.36. The summed E-state index contributed by atoms with van der Waals surface area (Å²) in [5.74, 6) is 0. The minimum Gasteiger partial charge on any atom is -0.368 e. The number of hydrogen-bond acceptors (Lipinski definition) is 1. The summed E-state index contributed by atoms with van der Waals surface area (Å²) >= 11 is 0. The molecule has 0 aliphatic carbocycles. The Morgan fingerprint density at radius 1 is 0.500 bits per heavy atom. The number of hydrogen-bond donors (Lipinski definition) is 0. The molecule has 0 aliphatic rings. The van der Waals surface area contributed by atoms with E-state index in [1.54, 1.807) is 0 Å². The van der Waals surface area contributed by atoms with E-state index < -0.39 is 0 Å². The van der Waals surface area contributed by atoms with Crippen molar-refractivity contribution in [3.63, 3.8) is 0 Å². The molecular weight excluding hydrogens is 1130 g/mol. The van der Waals surface area contributed by atoms with Crippen LogP contribution in [0.2, 0.25) is 0 Å². The van der Waals surface area contributed by atoms with E-state index in [4.69, 9.17) is 0 Å². The van der Waals surface area contributed by atoms with E-state index in [0.717, 1.165) is 27.8 Å². The Hall–Kier alpha value is -6.58. The molecule has 1 nitrogen and oxygen atoms in total. The van der Waals surface area contributed by atoms with Crippen LogP contribution in [0.15, 0.2) is 97.1 Å². The minimum absolute atomic E-state index is 0. The molecule has 0 heterocycles. The Morgan fingerprint density at radius 3 is 1.47 bits per heavy atom. The zero-order chi connectivity index (χ0) is 18.1. The van der Waals surface area contributed by atoms with Crippen LogP contribution in [-0.4, -0.2) is 0 Å².